The number of hydrogen-bond acceptors (Lipinski definition) is 6. The van der Waals surface area contributed by atoms with Gasteiger partial charge in [0.15, 0.2) is 0 Å². The van der Waals surface area contributed by atoms with Crippen molar-refractivity contribution in [1.29, 1.82) is 0 Å². The highest BCUT2D eigenvalue weighted by Gasteiger charge is 2.45. The standard InChI is InChI=1S/C26H25ClN6O2/c1-35-25-10-18(29-12-19-14-33-13-16(15-2-3-15)4-5-24(33)30-19)9-23(31-25)32-26(34)21-11-20(21)22-8-17(27)6-7-28-22/h4-10,13-15,20-21H,2-3,11-12H2,1H3,(H2,29,31,32,34)/t20?,21-/m0/s1. The van der Waals surface area contributed by atoms with E-state index in [0.29, 0.717) is 29.2 Å². The van der Waals surface area contributed by atoms with E-state index in [2.05, 4.69) is 43.3 Å². The average Bonchev–Trinajstić information content (AvgIpc) is 3.78. The van der Waals surface area contributed by atoms with Gasteiger partial charge in [-0.25, -0.2) is 4.98 Å². The van der Waals surface area contributed by atoms with Gasteiger partial charge in [0, 0.05) is 59.0 Å². The number of imidazole rings is 1. The number of rotatable bonds is 8. The average molecular weight is 489 g/mol. The van der Waals surface area contributed by atoms with Crippen LogP contribution in [0.5, 0.6) is 5.88 Å². The van der Waals surface area contributed by atoms with Gasteiger partial charge in [-0.05, 0) is 48.9 Å². The van der Waals surface area contributed by atoms with Crippen LogP contribution in [0.4, 0.5) is 11.5 Å². The van der Waals surface area contributed by atoms with Crippen LogP contribution in [-0.4, -0.2) is 32.4 Å². The molecule has 0 spiro atoms. The Morgan fingerprint density at radius 2 is 2.06 bits per heavy atom. The van der Waals surface area contributed by atoms with E-state index in [-0.39, 0.29) is 17.7 Å². The van der Waals surface area contributed by atoms with Gasteiger partial charge >= 0.3 is 0 Å². The summed E-state index contributed by atoms with van der Waals surface area (Å²) in [5, 5.41) is 6.92. The Morgan fingerprint density at radius 1 is 1.17 bits per heavy atom. The Bertz CT molecular complexity index is 1420. The number of nitrogens with zero attached hydrogens (tertiary/aromatic N) is 4. The maximum atomic E-state index is 12.8. The molecule has 2 N–H and O–H groups in total. The first-order valence-electron chi connectivity index (χ1n) is 11.8. The highest BCUT2D eigenvalue weighted by molar-refractivity contribution is 6.30. The fourth-order valence-electron chi connectivity index (χ4n) is 4.43. The van der Waals surface area contributed by atoms with E-state index in [4.69, 9.17) is 21.3 Å². The number of nitrogens with one attached hydrogen (secondary N) is 2. The molecule has 2 atom stereocenters. The van der Waals surface area contributed by atoms with Crippen molar-refractivity contribution >= 4 is 34.7 Å². The summed E-state index contributed by atoms with van der Waals surface area (Å²) in [4.78, 5) is 26.3. The number of ether oxygens (including phenoxy) is 1. The second kappa shape index (κ2) is 8.85. The SMILES string of the molecule is COc1cc(NCc2cn3cc(C4CC4)ccc3n2)cc(NC(=O)[C@H]2CC2c2cc(Cl)ccn2)n1. The summed E-state index contributed by atoms with van der Waals surface area (Å²) in [6.45, 7) is 0.534. The van der Waals surface area contributed by atoms with E-state index < -0.39 is 0 Å². The van der Waals surface area contributed by atoms with Gasteiger partial charge in [0.2, 0.25) is 11.8 Å². The number of amides is 1. The largest absolute Gasteiger partial charge is 0.481 e. The topological polar surface area (TPSA) is 93.4 Å². The lowest BCUT2D eigenvalue weighted by molar-refractivity contribution is -0.117. The molecule has 8 nitrogen and oxygen atoms in total. The maximum absolute atomic E-state index is 12.8. The monoisotopic (exact) mass is 488 g/mol. The lowest BCUT2D eigenvalue weighted by Crippen LogP contribution is -2.16. The van der Waals surface area contributed by atoms with E-state index in [1.165, 1.54) is 18.4 Å². The van der Waals surface area contributed by atoms with Gasteiger partial charge in [0.1, 0.15) is 11.5 Å². The number of fused-ring (bicyclic) bond motifs is 1. The molecule has 2 aliphatic carbocycles. The zero-order valence-electron chi connectivity index (χ0n) is 19.2. The maximum Gasteiger partial charge on any atom is 0.229 e. The third kappa shape index (κ3) is 4.79. The van der Waals surface area contributed by atoms with Gasteiger partial charge in [0.25, 0.3) is 0 Å². The number of aromatic nitrogens is 4. The fourth-order valence-corrected chi connectivity index (χ4v) is 4.60. The number of carbonyl (C=O) groups excluding carboxylic acids is 1. The normalized spacial score (nSPS) is 18.9. The summed E-state index contributed by atoms with van der Waals surface area (Å²) in [6, 6.07) is 11.4. The second-order valence-corrected chi connectivity index (χ2v) is 9.64. The molecule has 9 heteroatoms. The van der Waals surface area contributed by atoms with Gasteiger partial charge in [-0.3, -0.25) is 9.78 Å². The van der Waals surface area contributed by atoms with Gasteiger partial charge in [-0.1, -0.05) is 17.7 Å². The van der Waals surface area contributed by atoms with Crippen LogP contribution in [-0.2, 0) is 11.3 Å². The third-order valence-corrected chi connectivity index (χ3v) is 6.79. The van der Waals surface area contributed by atoms with Crippen LogP contribution < -0.4 is 15.4 Å². The number of carbonyl (C=O) groups is 1. The van der Waals surface area contributed by atoms with Crippen molar-refractivity contribution in [1.82, 2.24) is 19.4 Å². The Labute approximate surface area is 207 Å². The highest BCUT2D eigenvalue weighted by Crippen LogP contribution is 2.47. The zero-order chi connectivity index (χ0) is 23.9. The zero-order valence-corrected chi connectivity index (χ0v) is 20.0. The van der Waals surface area contributed by atoms with E-state index >= 15 is 0 Å². The summed E-state index contributed by atoms with van der Waals surface area (Å²) in [5.41, 5.74) is 4.86. The van der Waals surface area contributed by atoms with Gasteiger partial charge < -0.3 is 19.8 Å². The van der Waals surface area contributed by atoms with Crippen molar-refractivity contribution in [2.24, 2.45) is 5.92 Å². The number of methoxy groups -OCH3 is 1. The van der Waals surface area contributed by atoms with Crippen molar-refractivity contribution in [3.05, 3.63) is 77.0 Å². The Morgan fingerprint density at radius 3 is 2.86 bits per heavy atom. The first-order valence-corrected chi connectivity index (χ1v) is 12.1. The Kier molecular flexibility index (Phi) is 5.53. The smallest absolute Gasteiger partial charge is 0.229 e. The molecule has 6 rings (SSSR count). The third-order valence-electron chi connectivity index (χ3n) is 6.56. The van der Waals surface area contributed by atoms with Gasteiger partial charge in [-0.2, -0.15) is 4.98 Å². The lowest BCUT2D eigenvalue weighted by atomic mass is 10.2. The molecule has 0 aromatic carbocycles. The Balaban J connectivity index is 1.12. The molecule has 35 heavy (non-hydrogen) atoms. The first kappa shape index (κ1) is 21.9. The molecule has 0 radical (unpaired) electrons. The predicted molar refractivity (Wildman–Crippen MR) is 134 cm³/mol. The number of anilines is 2. The van der Waals surface area contributed by atoms with Crippen LogP contribution in [0.2, 0.25) is 5.02 Å². The van der Waals surface area contributed by atoms with Crippen molar-refractivity contribution < 1.29 is 9.53 Å². The van der Waals surface area contributed by atoms with Crippen LogP contribution in [0.3, 0.4) is 0 Å². The van der Waals surface area contributed by atoms with Crippen LogP contribution in [0.1, 0.15) is 48.0 Å². The Hall–Kier alpha value is -3.65. The number of pyridine rings is 3. The summed E-state index contributed by atoms with van der Waals surface area (Å²) in [5.74, 6) is 1.39. The molecule has 4 heterocycles. The molecular weight excluding hydrogens is 464 g/mol. The summed E-state index contributed by atoms with van der Waals surface area (Å²) >= 11 is 6.07. The molecule has 4 aromatic heterocycles. The molecule has 1 amide bonds. The quantitative estimate of drug-likeness (QED) is 0.362. The van der Waals surface area contributed by atoms with Crippen LogP contribution in [0.15, 0.2) is 55.0 Å². The predicted octanol–water partition coefficient (Wildman–Crippen LogP) is 5.02. The van der Waals surface area contributed by atoms with Crippen molar-refractivity contribution in [2.45, 2.75) is 37.6 Å². The first-order chi connectivity index (χ1) is 17.1. The number of hydrogen-bond donors (Lipinski definition) is 2. The van der Waals surface area contributed by atoms with E-state index in [0.717, 1.165) is 29.1 Å². The molecule has 178 valence electrons. The molecule has 2 fully saturated rings. The number of halogens is 1. The van der Waals surface area contributed by atoms with Gasteiger partial charge in [-0.15, -0.1) is 0 Å². The van der Waals surface area contributed by atoms with Crippen molar-refractivity contribution in [2.75, 3.05) is 17.7 Å². The van der Waals surface area contributed by atoms with Crippen molar-refractivity contribution in [3.63, 3.8) is 0 Å². The van der Waals surface area contributed by atoms with Crippen LogP contribution >= 0.6 is 11.6 Å². The molecule has 0 aliphatic heterocycles. The molecule has 0 bridgehead atoms. The van der Waals surface area contributed by atoms with Crippen molar-refractivity contribution in [3.8, 4) is 5.88 Å². The molecular formula is C26H25ClN6O2. The molecule has 1 unspecified atom stereocenters. The fraction of sp³-hybridized carbons (Fsp3) is 0.308. The second-order valence-electron chi connectivity index (χ2n) is 9.21. The molecule has 2 saturated carbocycles. The molecule has 2 aliphatic rings. The summed E-state index contributed by atoms with van der Waals surface area (Å²) in [7, 11) is 1.55. The highest BCUT2D eigenvalue weighted by atomic mass is 35.5. The van der Waals surface area contributed by atoms with E-state index in [9.17, 15) is 4.79 Å². The summed E-state index contributed by atoms with van der Waals surface area (Å²) in [6.07, 6.45) is 9.18. The minimum atomic E-state index is -0.149. The molecule has 4 aromatic rings. The van der Waals surface area contributed by atoms with Gasteiger partial charge in [0.05, 0.1) is 19.3 Å². The summed E-state index contributed by atoms with van der Waals surface area (Å²) < 4.78 is 7.44. The van der Waals surface area contributed by atoms with E-state index in [1.807, 2.05) is 12.3 Å². The lowest BCUT2D eigenvalue weighted by Gasteiger charge is -2.11. The van der Waals surface area contributed by atoms with Crippen LogP contribution in [0, 0.1) is 5.92 Å². The van der Waals surface area contributed by atoms with Crippen LogP contribution in [0.25, 0.3) is 5.65 Å². The minimum Gasteiger partial charge on any atom is -0.481 e. The van der Waals surface area contributed by atoms with E-state index in [1.54, 1.807) is 31.5 Å². The minimum absolute atomic E-state index is 0.0763. The molecule has 0 saturated heterocycles.